The summed E-state index contributed by atoms with van der Waals surface area (Å²) < 4.78 is 20.4. The summed E-state index contributed by atoms with van der Waals surface area (Å²) in [6.07, 6.45) is -1.93. The molecule has 1 N–H and O–H groups in total. The van der Waals surface area contributed by atoms with Crippen LogP contribution in [0.25, 0.3) is 0 Å². The predicted octanol–water partition coefficient (Wildman–Crippen LogP) is -0.620. The van der Waals surface area contributed by atoms with Gasteiger partial charge in [-0.1, -0.05) is 0 Å². The van der Waals surface area contributed by atoms with Gasteiger partial charge in [0.25, 0.3) is 0 Å². The third-order valence-electron chi connectivity index (χ3n) is 2.25. The van der Waals surface area contributed by atoms with Gasteiger partial charge in [0, 0.05) is 21.3 Å². The summed E-state index contributed by atoms with van der Waals surface area (Å²) in [5, 5.41) is 9.40. The normalized spacial score (nSPS) is 40.6. The molecule has 0 radical (unpaired) electrons. The third-order valence-corrected chi connectivity index (χ3v) is 2.25. The van der Waals surface area contributed by atoms with Crippen LogP contribution >= 0.6 is 0 Å². The monoisotopic (exact) mass is 192 g/mol. The zero-order valence-corrected chi connectivity index (χ0v) is 8.10. The smallest absolute Gasteiger partial charge is 0.183 e. The fourth-order valence-electron chi connectivity index (χ4n) is 1.50. The molecule has 0 saturated carbocycles. The van der Waals surface area contributed by atoms with Crippen LogP contribution in [0.2, 0.25) is 0 Å². The van der Waals surface area contributed by atoms with Gasteiger partial charge in [-0.2, -0.15) is 0 Å². The molecule has 0 aromatic heterocycles. The molecule has 4 atom stereocenters. The van der Waals surface area contributed by atoms with Gasteiger partial charge in [0.2, 0.25) is 0 Å². The lowest BCUT2D eigenvalue weighted by Crippen LogP contribution is -2.55. The molecule has 5 heteroatoms. The van der Waals surface area contributed by atoms with Gasteiger partial charge in [-0.15, -0.1) is 0 Å². The van der Waals surface area contributed by atoms with Crippen molar-refractivity contribution in [1.29, 1.82) is 0 Å². The molecule has 0 unspecified atom stereocenters. The number of aliphatic hydroxyl groups excluding tert-OH is 1. The summed E-state index contributed by atoms with van der Waals surface area (Å²) in [4.78, 5) is 0. The molecule has 78 valence electrons. The highest BCUT2D eigenvalue weighted by Crippen LogP contribution is 2.20. The molecule has 0 amide bonds. The first kappa shape index (κ1) is 10.9. The highest BCUT2D eigenvalue weighted by atomic mass is 16.7. The fraction of sp³-hybridized carbons (Fsp3) is 1.00. The van der Waals surface area contributed by atoms with Crippen molar-refractivity contribution in [3.63, 3.8) is 0 Å². The second-order valence-corrected chi connectivity index (χ2v) is 2.90. The van der Waals surface area contributed by atoms with Gasteiger partial charge in [-0.25, -0.2) is 0 Å². The molecule has 1 saturated heterocycles. The van der Waals surface area contributed by atoms with Gasteiger partial charge in [-0.3, -0.25) is 0 Å². The zero-order valence-electron chi connectivity index (χ0n) is 8.10. The Morgan fingerprint density at radius 1 is 1.08 bits per heavy atom. The standard InChI is InChI=1S/C8H16O5/c1-10-5-4-13-8(9)7(12-3)6(5)11-2/h5-9H,4H2,1-3H3/t5-,6-,7+,8+/m0/s1. The molecule has 13 heavy (non-hydrogen) atoms. The first-order chi connectivity index (χ1) is 6.24. The van der Waals surface area contributed by atoms with E-state index in [0.717, 1.165) is 0 Å². The van der Waals surface area contributed by atoms with E-state index in [1.165, 1.54) is 7.11 Å². The van der Waals surface area contributed by atoms with Crippen LogP contribution in [0.15, 0.2) is 0 Å². The molecule has 0 spiro atoms. The van der Waals surface area contributed by atoms with Crippen LogP contribution in [0, 0.1) is 0 Å². The van der Waals surface area contributed by atoms with Gasteiger partial charge in [-0.05, 0) is 0 Å². The summed E-state index contributed by atoms with van der Waals surface area (Å²) in [5.41, 5.74) is 0. The maximum atomic E-state index is 9.40. The van der Waals surface area contributed by atoms with E-state index in [4.69, 9.17) is 18.9 Å². The maximum absolute atomic E-state index is 9.40. The van der Waals surface area contributed by atoms with E-state index in [9.17, 15) is 5.11 Å². The Kier molecular flexibility index (Phi) is 4.08. The molecule has 1 rings (SSSR count). The van der Waals surface area contributed by atoms with E-state index in [1.807, 2.05) is 0 Å². The van der Waals surface area contributed by atoms with Crippen molar-refractivity contribution in [2.75, 3.05) is 27.9 Å². The molecule has 1 heterocycles. The number of hydrogen-bond donors (Lipinski definition) is 1. The number of ether oxygens (including phenoxy) is 4. The van der Waals surface area contributed by atoms with Gasteiger partial charge < -0.3 is 24.1 Å². The van der Waals surface area contributed by atoms with Gasteiger partial charge >= 0.3 is 0 Å². The van der Waals surface area contributed by atoms with E-state index in [1.54, 1.807) is 14.2 Å². The van der Waals surface area contributed by atoms with Gasteiger partial charge in [0.1, 0.15) is 18.3 Å². The van der Waals surface area contributed by atoms with Crippen molar-refractivity contribution >= 4 is 0 Å². The lowest BCUT2D eigenvalue weighted by molar-refractivity contribution is -0.267. The maximum Gasteiger partial charge on any atom is 0.183 e. The van der Waals surface area contributed by atoms with Crippen molar-refractivity contribution in [2.24, 2.45) is 0 Å². The highest BCUT2D eigenvalue weighted by molar-refractivity contribution is 4.85. The number of aliphatic hydroxyl groups is 1. The van der Waals surface area contributed by atoms with Gasteiger partial charge in [0.15, 0.2) is 6.29 Å². The summed E-state index contributed by atoms with van der Waals surface area (Å²) in [6.45, 7) is 0.316. The van der Waals surface area contributed by atoms with Gasteiger partial charge in [0.05, 0.1) is 6.61 Å². The molecule has 1 fully saturated rings. The molecule has 0 aliphatic carbocycles. The SMILES string of the molecule is CO[C@@H]1[C@@H](OC)[C@@H](OC)CO[C@H]1O. The average Bonchev–Trinajstić information content (AvgIpc) is 2.17. The summed E-state index contributed by atoms with van der Waals surface area (Å²) in [7, 11) is 4.63. The largest absolute Gasteiger partial charge is 0.376 e. The van der Waals surface area contributed by atoms with E-state index in [2.05, 4.69) is 0 Å². The molecule has 1 aliphatic rings. The van der Waals surface area contributed by atoms with Crippen LogP contribution < -0.4 is 0 Å². The minimum Gasteiger partial charge on any atom is -0.376 e. The van der Waals surface area contributed by atoms with Crippen LogP contribution in [0.1, 0.15) is 0 Å². The van der Waals surface area contributed by atoms with Crippen molar-refractivity contribution in [3.05, 3.63) is 0 Å². The first-order valence-electron chi connectivity index (χ1n) is 4.12. The highest BCUT2D eigenvalue weighted by Gasteiger charge is 2.40. The number of hydrogen-bond acceptors (Lipinski definition) is 5. The van der Waals surface area contributed by atoms with E-state index < -0.39 is 12.4 Å². The Balaban J connectivity index is 2.64. The Hall–Kier alpha value is -0.200. The first-order valence-corrected chi connectivity index (χ1v) is 4.12. The van der Waals surface area contributed by atoms with Crippen molar-refractivity contribution in [1.82, 2.24) is 0 Å². The average molecular weight is 192 g/mol. The Bertz CT molecular complexity index is 151. The van der Waals surface area contributed by atoms with Crippen molar-refractivity contribution < 1.29 is 24.1 Å². The molecular weight excluding hydrogens is 176 g/mol. The minimum atomic E-state index is -0.943. The van der Waals surface area contributed by atoms with Crippen LogP contribution in [0.3, 0.4) is 0 Å². The second-order valence-electron chi connectivity index (χ2n) is 2.90. The minimum absolute atomic E-state index is 0.196. The Labute approximate surface area is 77.5 Å². The molecule has 0 bridgehead atoms. The molecule has 0 aromatic carbocycles. The van der Waals surface area contributed by atoms with Crippen LogP contribution in [-0.4, -0.2) is 57.6 Å². The van der Waals surface area contributed by atoms with Crippen LogP contribution in [-0.2, 0) is 18.9 Å². The third kappa shape index (κ3) is 2.18. The Morgan fingerprint density at radius 3 is 2.15 bits per heavy atom. The number of methoxy groups -OCH3 is 3. The quantitative estimate of drug-likeness (QED) is 0.646. The summed E-state index contributed by atoms with van der Waals surface area (Å²) in [6, 6.07) is 0. The van der Waals surface area contributed by atoms with Crippen LogP contribution in [0.5, 0.6) is 0 Å². The summed E-state index contributed by atoms with van der Waals surface area (Å²) >= 11 is 0. The zero-order chi connectivity index (χ0) is 9.84. The van der Waals surface area contributed by atoms with E-state index in [0.29, 0.717) is 6.61 Å². The van der Waals surface area contributed by atoms with Crippen molar-refractivity contribution in [3.8, 4) is 0 Å². The molecule has 1 aliphatic heterocycles. The van der Waals surface area contributed by atoms with E-state index in [-0.39, 0.29) is 12.2 Å². The molecule has 5 nitrogen and oxygen atoms in total. The lowest BCUT2D eigenvalue weighted by atomic mass is 10.1. The lowest BCUT2D eigenvalue weighted by Gasteiger charge is -2.38. The number of rotatable bonds is 3. The second kappa shape index (κ2) is 4.88. The summed E-state index contributed by atoms with van der Waals surface area (Å²) in [5.74, 6) is 0. The van der Waals surface area contributed by atoms with Crippen molar-refractivity contribution in [2.45, 2.75) is 24.6 Å². The molecule has 0 aromatic rings. The Morgan fingerprint density at radius 2 is 1.69 bits per heavy atom. The topological polar surface area (TPSA) is 57.2 Å². The molecular formula is C8H16O5. The van der Waals surface area contributed by atoms with E-state index >= 15 is 0 Å². The van der Waals surface area contributed by atoms with Crippen LogP contribution in [0.4, 0.5) is 0 Å². The predicted molar refractivity (Wildman–Crippen MR) is 44.3 cm³/mol. The fourth-order valence-corrected chi connectivity index (χ4v) is 1.50.